The number of anilines is 1. The molecule has 0 saturated carbocycles. The molecule has 1 aliphatic heterocycles. The molecule has 0 aliphatic carbocycles. The number of nitrogens with zero attached hydrogens (tertiary/aromatic N) is 3. The van der Waals surface area contributed by atoms with Gasteiger partial charge in [-0.3, -0.25) is 0 Å². The molecule has 1 saturated heterocycles. The van der Waals surface area contributed by atoms with E-state index in [1.807, 2.05) is 13.8 Å². The van der Waals surface area contributed by atoms with Crippen LogP contribution >= 0.6 is 11.3 Å². The van der Waals surface area contributed by atoms with Gasteiger partial charge in [-0.25, -0.2) is 14.8 Å². The van der Waals surface area contributed by atoms with Crippen molar-refractivity contribution in [3.05, 3.63) is 16.3 Å². The summed E-state index contributed by atoms with van der Waals surface area (Å²) in [7, 11) is 1.41. The van der Waals surface area contributed by atoms with Gasteiger partial charge in [-0.2, -0.15) is 0 Å². The van der Waals surface area contributed by atoms with Crippen LogP contribution in [0.3, 0.4) is 0 Å². The van der Waals surface area contributed by atoms with Crippen molar-refractivity contribution in [2.24, 2.45) is 5.41 Å². The highest BCUT2D eigenvalue weighted by molar-refractivity contribution is 7.20. The quantitative estimate of drug-likeness (QED) is 0.784. The van der Waals surface area contributed by atoms with Crippen LogP contribution in [0.4, 0.5) is 5.82 Å². The lowest BCUT2D eigenvalue weighted by atomic mass is 9.84. The van der Waals surface area contributed by atoms with E-state index in [0.717, 1.165) is 46.9 Å². The van der Waals surface area contributed by atoms with E-state index in [1.54, 1.807) is 0 Å². The Labute approximate surface area is 140 Å². The molecule has 6 heteroatoms. The third kappa shape index (κ3) is 2.92. The van der Waals surface area contributed by atoms with Gasteiger partial charge in [-0.1, -0.05) is 13.8 Å². The molecule has 0 atom stereocenters. The molecule has 124 valence electrons. The number of piperidine rings is 1. The van der Waals surface area contributed by atoms with Crippen molar-refractivity contribution in [1.29, 1.82) is 0 Å². The number of hydrogen-bond acceptors (Lipinski definition) is 6. The van der Waals surface area contributed by atoms with Gasteiger partial charge in [0.1, 0.15) is 21.3 Å². The van der Waals surface area contributed by atoms with Crippen molar-refractivity contribution < 1.29 is 9.53 Å². The summed E-state index contributed by atoms with van der Waals surface area (Å²) >= 11 is 1.40. The number of hydrogen-bond donors (Lipinski definition) is 0. The minimum Gasteiger partial charge on any atom is -0.465 e. The maximum absolute atomic E-state index is 12.0. The summed E-state index contributed by atoms with van der Waals surface area (Å²) in [5.41, 5.74) is 1.20. The minimum absolute atomic E-state index is 0.276. The Hall–Kier alpha value is -1.69. The molecular formula is C17H23N3O2S. The van der Waals surface area contributed by atoms with Crippen LogP contribution in [0.15, 0.2) is 0 Å². The summed E-state index contributed by atoms with van der Waals surface area (Å²) in [4.78, 5) is 25.1. The summed E-state index contributed by atoms with van der Waals surface area (Å²) in [6.45, 7) is 10.4. The van der Waals surface area contributed by atoms with Gasteiger partial charge in [0, 0.05) is 13.1 Å². The standard InChI is InChI=1S/C17H23N3O2S/c1-10-12-14(20-8-6-7-17(3,4)9-20)18-11(2)19-15(12)23-13(10)16(21)22-5/h6-9H2,1-5H3. The first-order valence-corrected chi connectivity index (χ1v) is 8.75. The summed E-state index contributed by atoms with van der Waals surface area (Å²) < 4.78 is 4.91. The van der Waals surface area contributed by atoms with Gasteiger partial charge in [-0.15, -0.1) is 11.3 Å². The molecule has 0 bridgehead atoms. The van der Waals surface area contributed by atoms with E-state index in [0.29, 0.717) is 4.88 Å². The second kappa shape index (κ2) is 5.74. The molecule has 2 aromatic rings. The van der Waals surface area contributed by atoms with Crippen LogP contribution in [0.2, 0.25) is 0 Å². The van der Waals surface area contributed by atoms with Crippen molar-refractivity contribution in [3.63, 3.8) is 0 Å². The number of thiophene rings is 1. The van der Waals surface area contributed by atoms with Crippen LogP contribution in [-0.4, -0.2) is 36.1 Å². The zero-order valence-corrected chi connectivity index (χ0v) is 15.2. The lowest BCUT2D eigenvalue weighted by molar-refractivity contribution is 0.0605. The molecular weight excluding hydrogens is 310 g/mol. The van der Waals surface area contributed by atoms with Gasteiger partial charge in [0.2, 0.25) is 0 Å². The number of rotatable bonds is 2. The van der Waals surface area contributed by atoms with Gasteiger partial charge in [0.25, 0.3) is 0 Å². The lowest BCUT2D eigenvalue weighted by Crippen LogP contribution is -2.40. The van der Waals surface area contributed by atoms with E-state index in [-0.39, 0.29) is 11.4 Å². The van der Waals surface area contributed by atoms with Gasteiger partial charge in [-0.05, 0) is 37.7 Å². The summed E-state index contributed by atoms with van der Waals surface area (Å²) in [5.74, 6) is 1.41. The molecule has 3 rings (SSSR count). The van der Waals surface area contributed by atoms with Crippen LogP contribution in [0.5, 0.6) is 0 Å². The highest BCUT2D eigenvalue weighted by Crippen LogP contribution is 2.38. The molecule has 5 nitrogen and oxygen atoms in total. The summed E-state index contributed by atoms with van der Waals surface area (Å²) in [5, 5.41) is 0.999. The zero-order valence-electron chi connectivity index (χ0n) is 14.4. The monoisotopic (exact) mass is 333 g/mol. The van der Waals surface area contributed by atoms with Crippen molar-refractivity contribution in [3.8, 4) is 0 Å². The Morgan fingerprint density at radius 3 is 2.70 bits per heavy atom. The van der Waals surface area contributed by atoms with E-state index >= 15 is 0 Å². The Bertz CT molecular complexity index is 767. The molecule has 0 radical (unpaired) electrons. The molecule has 3 heterocycles. The van der Waals surface area contributed by atoms with Gasteiger partial charge < -0.3 is 9.64 Å². The number of aryl methyl sites for hydroxylation is 2. The number of esters is 1. The molecule has 2 aromatic heterocycles. The third-order valence-corrected chi connectivity index (χ3v) is 5.62. The maximum atomic E-state index is 12.0. The Balaban J connectivity index is 2.16. The SMILES string of the molecule is COC(=O)c1sc2nc(C)nc(N3CCCC(C)(C)C3)c2c1C. The smallest absolute Gasteiger partial charge is 0.348 e. The first kappa shape index (κ1) is 16.2. The molecule has 23 heavy (non-hydrogen) atoms. The Morgan fingerprint density at radius 1 is 1.30 bits per heavy atom. The zero-order chi connectivity index (χ0) is 16.8. The Morgan fingerprint density at radius 2 is 2.04 bits per heavy atom. The van der Waals surface area contributed by atoms with Crippen molar-refractivity contribution in [2.45, 2.75) is 40.5 Å². The highest BCUT2D eigenvalue weighted by atomic mass is 32.1. The molecule has 1 fully saturated rings. The molecule has 1 aliphatic rings. The number of fused-ring (bicyclic) bond motifs is 1. The molecule has 0 aromatic carbocycles. The van der Waals surface area contributed by atoms with Crippen LogP contribution in [0.1, 0.15) is 47.7 Å². The fraction of sp³-hybridized carbons (Fsp3) is 0.588. The third-order valence-electron chi connectivity index (χ3n) is 4.45. The number of aromatic nitrogens is 2. The van der Waals surface area contributed by atoms with Crippen LogP contribution in [0.25, 0.3) is 10.2 Å². The molecule has 0 spiro atoms. The van der Waals surface area contributed by atoms with Gasteiger partial charge in [0.15, 0.2) is 0 Å². The molecule has 0 unspecified atom stereocenters. The van der Waals surface area contributed by atoms with Crippen LogP contribution < -0.4 is 4.90 Å². The number of carbonyl (C=O) groups excluding carboxylic acids is 1. The van der Waals surface area contributed by atoms with Crippen LogP contribution in [0, 0.1) is 19.3 Å². The fourth-order valence-electron chi connectivity index (χ4n) is 3.34. The topological polar surface area (TPSA) is 55.3 Å². The predicted molar refractivity (Wildman–Crippen MR) is 93.5 cm³/mol. The van der Waals surface area contributed by atoms with E-state index in [9.17, 15) is 4.79 Å². The minimum atomic E-state index is -0.298. The van der Waals surface area contributed by atoms with E-state index in [1.165, 1.54) is 24.9 Å². The average Bonchev–Trinajstić information content (AvgIpc) is 2.81. The van der Waals surface area contributed by atoms with Crippen molar-refractivity contribution >= 4 is 33.3 Å². The van der Waals surface area contributed by atoms with Gasteiger partial charge in [0.05, 0.1) is 12.5 Å². The maximum Gasteiger partial charge on any atom is 0.348 e. The first-order valence-electron chi connectivity index (χ1n) is 7.93. The predicted octanol–water partition coefficient (Wildman–Crippen LogP) is 3.72. The number of ether oxygens (including phenoxy) is 1. The normalized spacial score (nSPS) is 17.5. The molecule has 0 N–H and O–H groups in total. The van der Waals surface area contributed by atoms with E-state index in [4.69, 9.17) is 9.72 Å². The van der Waals surface area contributed by atoms with Crippen molar-refractivity contribution in [2.75, 3.05) is 25.1 Å². The number of carbonyl (C=O) groups is 1. The second-order valence-corrected chi connectivity index (χ2v) is 8.01. The lowest BCUT2D eigenvalue weighted by Gasteiger charge is -2.39. The number of methoxy groups -OCH3 is 1. The highest BCUT2D eigenvalue weighted by Gasteiger charge is 2.30. The van der Waals surface area contributed by atoms with E-state index < -0.39 is 0 Å². The second-order valence-electron chi connectivity index (χ2n) is 7.01. The van der Waals surface area contributed by atoms with E-state index in [2.05, 4.69) is 23.7 Å². The van der Waals surface area contributed by atoms with Crippen LogP contribution in [-0.2, 0) is 4.74 Å². The van der Waals surface area contributed by atoms with Gasteiger partial charge >= 0.3 is 5.97 Å². The van der Waals surface area contributed by atoms with Crippen molar-refractivity contribution in [1.82, 2.24) is 9.97 Å². The largest absolute Gasteiger partial charge is 0.465 e. The first-order chi connectivity index (χ1) is 10.8. The fourth-order valence-corrected chi connectivity index (χ4v) is 4.48. The Kier molecular flexibility index (Phi) is 4.04. The average molecular weight is 333 g/mol. The summed E-state index contributed by atoms with van der Waals surface area (Å²) in [6, 6.07) is 0. The summed E-state index contributed by atoms with van der Waals surface area (Å²) in [6.07, 6.45) is 2.39. The molecule has 0 amide bonds.